The van der Waals surface area contributed by atoms with Gasteiger partial charge in [0.2, 0.25) is 5.91 Å². The number of pyridine rings is 1. The lowest BCUT2D eigenvalue weighted by Crippen LogP contribution is -2.21. The molecule has 0 aliphatic heterocycles. The summed E-state index contributed by atoms with van der Waals surface area (Å²) in [5, 5.41) is 14.1. The van der Waals surface area contributed by atoms with Gasteiger partial charge in [0.15, 0.2) is 0 Å². The first-order valence-corrected chi connectivity index (χ1v) is 4.58. The minimum atomic E-state index is -0.0288. The zero-order valence-electron chi connectivity index (χ0n) is 8.45. The lowest BCUT2D eigenvalue weighted by Gasteiger charge is -2.04. The molecular weight excluding hydrogens is 192 g/mol. The third-order valence-electron chi connectivity index (χ3n) is 1.80. The van der Waals surface area contributed by atoms with Crippen molar-refractivity contribution in [3.8, 4) is 6.07 Å². The molecule has 0 atom stereocenters. The van der Waals surface area contributed by atoms with Gasteiger partial charge >= 0.3 is 0 Å². The molecule has 0 radical (unpaired) electrons. The molecule has 0 bridgehead atoms. The minimum absolute atomic E-state index is 0.0288. The van der Waals surface area contributed by atoms with E-state index < -0.39 is 0 Å². The SMILES string of the molecule is CNC(=O)CCNc1cccc(C#N)n1. The molecule has 0 aliphatic rings. The standard InChI is InChI=1S/C10H12N4O/c1-12-10(15)5-6-13-9-4-2-3-8(7-11)14-9/h2-4H,5-6H2,1H3,(H,12,15)(H,13,14). The molecular formula is C10H12N4O. The highest BCUT2D eigenvalue weighted by Gasteiger charge is 1.98. The third-order valence-corrected chi connectivity index (χ3v) is 1.80. The number of rotatable bonds is 4. The summed E-state index contributed by atoms with van der Waals surface area (Å²) in [7, 11) is 1.59. The Hall–Kier alpha value is -2.09. The smallest absolute Gasteiger partial charge is 0.221 e. The lowest BCUT2D eigenvalue weighted by molar-refractivity contribution is -0.120. The molecule has 5 heteroatoms. The summed E-state index contributed by atoms with van der Waals surface area (Å²) in [6.07, 6.45) is 0.384. The molecule has 0 aliphatic carbocycles. The zero-order valence-corrected chi connectivity index (χ0v) is 8.45. The molecule has 0 saturated carbocycles. The van der Waals surface area contributed by atoms with Crippen molar-refractivity contribution in [1.29, 1.82) is 5.26 Å². The van der Waals surface area contributed by atoms with Crippen LogP contribution in [-0.2, 0) is 4.79 Å². The lowest BCUT2D eigenvalue weighted by atomic mass is 10.3. The van der Waals surface area contributed by atoms with E-state index in [-0.39, 0.29) is 5.91 Å². The number of aromatic nitrogens is 1. The van der Waals surface area contributed by atoms with Gasteiger partial charge in [0.1, 0.15) is 17.6 Å². The summed E-state index contributed by atoms with van der Waals surface area (Å²) in [6, 6.07) is 7.07. The number of hydrogen-bond donors (Lipinski definition) is 2. The second-order valence-corrected chi connectivity index (χ2v) is 2.87. The summed E-state index contributed by atoms with van der Waals surface area (Å²) in [6.45, 7) is 0.502. The van der Waals surface area contributed by atoms with Gasteiger partial charge in [0.05, 0.1) is 0 Å². The molecule has 1 heterocycles. The molecule has 1 amide bonds. The number of hydrogen-bond acceptors (Lipinski definition) is 4. The summed E-state index contributed by atoms with van der Waals surface area (Å²) in [5.41, 5.74) is 0.361. The topological polar surface area (TPSA) is 77.8 Å². The molecule has 1 aromatic rings. The van der Waals surface area contributed by atoms with Gasteiger partial charge in [-0.05, 0) is 12.1 Å². The van der Waals surface area contributed by atoms with E-state index in [1.807, 2.05) is 6.07 Å². The Balaban J connectivity index is 2.44. The van der Waals surface area contributed by atoms with Crippen LogP contribution in [0, 0.1) is 11.3 Å². The average Bonchev–Trinajstić information content (AvgIpc) is 2.29. The molecule has 0 saturated heterocycles. The zero-order chi connectivity index (χ0) is 11.1. The maximum absolute atomic E-state index is 10.9. The van der Waals surface area contributed by atoms with Crippen molar-refractivity contribution < 1.29 is 4.79 Å². The van der Waals surface area contributed by atoms with Crippen molar-refractivity contribution >= 4 is 11.7 Å². The van der Waals surface area contributed by atoms with Crippen molar-refractivity contribution in [2.24, 2.45) is 0 Å². The molecule has 5 nitrogen and oxygen atoms in total. The van der Waals surface area contributed by atoms with Crippen LogP contribution in [0.3, 0.4) is 0 Å². The van der Waals surface area contributed by atoms with Crippen LogP contribution >= 0.6 is 0 Å². The Kier molecular flexibility index (Phi) is 4.10. The predicted molar refractivity (Wildman–Crippen MR) is 56.1 cm³/mol. The van der Waals surface area contributed by atoms with E-state index >= 15 is 0 Å². The minimum Gasteiger partial charge on any atom is -0.370 e. The van der Waals surface area contributed by atoms with E-state index in [0.717, 1.165) is 0 Å². The highest BCUT2D eigenvalue weighted by Crippen LogP contribution is 2.03. The van der Waals surface area contributed by atoms with Crippen molar-refractivity contribution in [1.82, 2.24) is 10.3 Å². The molecule has 0 fully saturated rings. The van der Waals surface area contributed by atoms with E-state index in [0.29, 0.717) is 24.5 Å². The van der Waals surface area contributed by atoms with Crippen LogP contribution in [0.4, 0.5) is 5.82 Å². The number of amides is 1. The van der Waals surface area contributed by atoms with E-state index in [9.17, 15) is 4.79 Å². The second kappa shape index (κ2) is 5.60. The molecule has 1 aromatic heterocycles. The van der Waals surface area contributed by atoms with E-state index in [1.165, 1.54) is 0 Å². The quantitative estimate of drug-likeness (QED) is 0.748. The number of nitrogens with zero attached hydrogens (tertiary/aromatic N) is 2. The van der Waals surface area contributed by atoms with Gasteiger partial charge < -0.3 is 10.6 Å². The van der Waals surface area contributed by atoms with Crippen LogP contribution in [0.5, 0.6) is 0 Å². The van der Waals surface area contributed by atoms with Gasteiger partial charge in [-0.2, -0.15) is 5.26 Å². The normalized spacial score (nSPS) is 9.07. The Morgan fingerprint density at radius 3 is 3.07 bits per heavy atom. The highest BCUT2D eigenvalue weighted by molar-refractivity contribution is 5.76. The van der Waals surface area contributed by atoms with Gasteiger partial charge in [0.25, 0.3) is 0 Å². The van der Waals surface area contributed by atoms with Crippen LogP contribution < -0.4 is 10.6 Å². The summed E-state index contributed by atoms with van der Waals surface area (Å²) < 4.78 is 0. The van der Waals surface area contributed by atoms with Gasteiger partial charge in [-0.15, -0.1) is 0 Å². The fourth-order valence-corrected chi connectivity index (χ4v) is 1.02. The first-order chi connectivity index (χ1) is 7.26. The molecule has 15 heavy (non-hydrogen) atoms. The maximum atomic E-state index is 10.9. The molecule has 0 aromatic carbocycles. The number of anilines is 1. The van der Waals surface area contributed by atoms with Crippen LogP contribution in [0.25, 0.3) is 0 Å². The summed E-state index contributed by atoms with van der Waals surface area (Å²) in [5.74, 6) is 0.580. The van der Waals surface area contributed by atoms with E-state index in [4.69, 9.17) is 5.26 Å². The van der Waals surface area contributed by atoms with Crippen molar-refractivity contribution in [2.75, 3.05) is 18.9 Å². The van der Waals surface area contributed by atoms with Gasteiger partial charge in [-0.25, -0.2) is 4.98 Å². The first kappa shape index (κ1) is 11.0. The Morgan fingerprint density at radius 1 is 1.60 bits per heavy atom. The van der Waals surface area contributed by atoms with E-state index in [1.54, 1.807) is 25.2 Å². The monoisotopic (exact) mass is 204 g/mol. The molecule has 78 valence electrons. The predicted octanol–water partition coefficient (Wildman–Crippen LogP) is 0.501. The fourth-order valence-electron chi connectivity index (χ4n) is 1.02. The Bertz CT molecular complexity index is 383. The fraction of sp³-hybridized carbons (Fsp3) is 0.300. The molecule has 0 unspecified atom stereocenters. The third kappa shape index (κ3) is 3.65. The van der Waals surface area contributed by atoms with Crippen LogP contribution in [0.1, 0.15) is 12.1 Å². The first-order valence-electron chi connectivity index (χ1n) is 4.58. The van der Waals surface area contributed by atoms with Crippen molar-refractivity contribution in [3.63, 3.8) is 0 Å². The number of carbonyl (C=O) groups is 1. The number of carbonyl (C=O) groups excluding carboxylic acids is 1. The number of nitrogens with one attached hydrogen (secondary N) is 2. The van der Waals surface area contributed by atoms with Gasteiger partial charge in [-0.3, -0.25) is 4.79 Å². The second-order valence-electron chi connectivity index (χ2n) is 2.87. The largest absolute Gasteiger partial charge is 0.370 e. The highest BCUT2D eigenvalue weighted by atomic mass is 16.1. The Morgan fingerprint density at radius 2 is 2.40 bits per heavy atom. The maximum Gasteiger partial charge on any atom is 0.221 e. The Labute approximate surface area is 88.1 Å². The van der Waals surface area contributed by atoms with Gasteiger partial charge in [-0.1, -0.05) is 6.07 Å². The van der Waals surface area contributed by atoms with Crippen LogP contribution in [0.15, 0.2) is 18.2 Å². The molecule has 1 rings (SSSR count). The molecule has 2 N–H and O–H groups in total. The van der Waals surface area contributed by atoms with Crippen LogP contribution in [-0.4, -0.2) is 24.5 Å². The molecule has 0 spiro atoms. The summed E-state index contributed by atoms with van der Waals surface area (Å²) >= 11 is 0. The number of nitriles is 1. The van der Waals surface area contributed by atoms with Crippen LogP contribution in [0.2, 0.25) is 0 Å². The van der Waals surface area contributed by atoms with Gasteiger partial charge in [0, 0.05) is 20.0 Å². The van der Waals surface area contributed by atoms with Crippen molar-refractivity contribution in [3.05, 3.63) is 23.9 Å². The summed E-state index contributed by atoms with van der Waals surface area (Å²) in [4.78, 5) is 14.9. The van der Waals surface area contributed by atoms with Crippen molar-refractivity contribution in [2.45, 2.75) is 6.42 Å². The average molecular weight is 204 g/mol. The van der Waals surface area contributed by atoms with E-state index in [2.05, 4.69) is 15.6 Å².